The monoisotopic (exact) mass is 226 g/mol. The average molecular weight is 226 g/mol. The standard InChI is InChI=1S/C11H12F2N2O/c1-2-3-10(14)11(16)15-9-5-7(12)4-8(13)6-9/h2,4-6,10H,1,3,14H2,(H,15,16). The minimum absolute atomic E-state index is 0.0435. The first-order chi connectivity index (χ1) is 7.52. The molecule has 1 aromatic carbocycles. The van der Waals surface area contributed by atoms with Crippen LogP contribution < -0.4 is 11.1 Å². The summed E-state index contributed by atoms with van der Waals surface area (Å²) in [4.78, 5) is 11.4. The first kappa shape index (κ1) is 12.3. The number of anilines is 1. The van der Waals surface area contributed by atoms with Crippen molar-refractivity contribution in [2.75, 3.05) is 5.32 Å². The number of carbonyl (C=O) groups excluding carboxylic acids is 1. The maximum Gasteiger partial charge on any atom is 0.241 e. The molecule has 0 radical (unpaired) electrons. The summed E-state index contributed by atoms with van der Waals surface area (Å²) in [5, 5.41) is 2.32. The van der Waals surface area contributed by atoms with Gasteiger partial charge in [-0.25, -0.2) is 8.78 Å². The molecule has 1 unspecified atom stereocenters. The molecule has 0 aliphatic rings. The van der Waals surface area contributed by atoms with Crippen molar-refractivity contribution in [3.8, 4) is 0 Å². The van der Waals surface area contributed by atoms with E-state index >= 15 is 0 Å². The number of carbonyl (C=O) groups is 1. The Morgan fingerprint density at radius 1 is 1.44 bits per heavy atom. The quantitative estimate of drug-likeness (QED) is 0.769. The summed E-state index contributed by atoms with van der Waals surface area (Å²) in [7, 11) is 0. The number of nitrogens with two attached hydrogens (primary N) is 1. The van der Waals surface area contributed by atoms with E-state index in [0.717, 1.165) is 18.2 Å². The van der Waals surface area contributed by atoms with Crippen LogP contribution in [0.1, 0.15) is 6.42 Å². The van der Waals surface area contributed by atoms with Crippen molar-refractivity contribution >= 4 is 11.6 Å². The molecule has 0 heterocycles. The van der Waals surface area contributed by atoms with Crippen molar-refractivity contribution in [2.45, 2.75) is 12.5 Å². The molecule has 1 amide bonds. The number of halogens is 2. The van der Waals surface area contributed by atoms with E-state index in [-0.39, 0.29) is 5.69 Å². The molecular formula is C11H12F2N2O. The van der Waals surface area contributed by atoms with Crippen LogP contribution in [0.4, 0.5) is 14.5 Å². The van der Waals surface area contributed by atoms with Gasteiger partial charge in [-0.15, -0.1) is 6.58 Å². The molecule has 1 aromatic rings. The van der Waals surface area contributed by atoms with Crippen LogP contribution in [0.5, 0.6) is 0 Å². The minimum atomic E-state index is -0.774. The fraction of sp³-hybridized carbons (Fsp3) is 0.182. The van der Waals surface area contributed by atoms with Gasteiger partial charge in [0, 0.05) is 11.8 Å². The van der Waals surface area contributed by atoms with Gasteiger partial charge in [0.25, 0.3) is 0 Å². The summed E-state index contributed by atoms with van der Waals surface area (Å²) >= 11 is 0. The van der Waals surface area contributed by atoms with Gasteiger partial charge in [-0.3, -0.25) is 4.79 Å². The van der Waals surface area contributed by atoms with Crippen LogP contribution in [0.15, 0.2) is 30.9 Å². The Bertz CT molecular complexity index is 387. The van der Waals surface area contributed by atoms with Gasteiger partial charge in [0.05, 0.1) is 6.04 Å². The zero-order valence-electron chi connectivity index (χ0n) is 8.54. The lowest BCUT2D eigenvalue weighted by molar-refractivity contribution is -0.117. The SMILES string of the molecule is C=CCC(N)C(=O)Nc1cc(F)cc(F)c1. The van der Waals surface area contributed by atoms with Crippen LogP contribution in [0.3, 0.4) is 0 Å². The number of amides is 1. The Kier molecular flexibility index (Phi) is 4.13. The molecule has 16 heavy (non-hydrogen) atoms. The summed E-state index contributed by atoms with van der Waals surface area (Å²) in [6.07, 6.45) is 1.79. The van der Waals surface area contributed by atoms with E-state index in [4.69, 9.17) is 5.73 Å². The van der Waals surface area contributed by atoms with Crippen molar-refractivity contribution in [3.05, 3.63) is 42.5 Å². The Hall–Kier alpha value is -1.75. The fourth-order valence-electron chi connectivity index (χ4n) is 1.15. The lowest BCUT2D eigenvalue weighted by atomic mass is 10.2. The largest absolute Gasteiger partial charge is 0.325 e. The van der Waals surface area contributed by atoms with Gasteiger partial charge in [0.1, 0.15) is 11.6 Å². The highest BCUT2D eigenvalue weighted by Gasteiger charge is 2.12. The third kappa shape index (κ3) is 3.43. The highest BCUT2D eigenvalue weighted by molar-refractivity contribution is 5.94. The number of hydrogen-bond acceptors (Lipinski definition) is 2. The molecule has 0 aliphatic heterocycles. The summed E-state index contributed by atoms with van der Waals surface area (Å²) in [5.74, 6) is -2.02. The number of nitrogens with one attached hydrogen (secondary N) is 1. The van der Waals surface area contributed by atoms with E-state index in [2.05, 4.69) is 11.9 Å². The van der Waals surface area contributed by atoms with E-state index in [0.29, 0.717) is 6.42 Å². The van der Waals surface area contributed by atoms with Crippen LogP contribution in [-0.2, 0) is 4.79 Å². The Balaban J connectivity index is 2.72. The van der Waals surface area contributed by atoms with Gasteiger partial charge in [-0.2, -0.15) is 0 Å². The zero-order chi connectivity index (χ0) is 12.1. The molecule has 0 fully saturated rings. The predicted octanol–water partition coefficient (Wildman–Crippen LogP) is 1.81. The van der Waals surface area contributed by atoms with E-state index < -0.39 is 23.6 Å². The predicted molar refractivity (Wildman–Crippen MR) is 57.8 cm³/mol. The maximum absolute atomic E-state index is 12.8. The van der Waals surface area contributed by atoms with Crippen molar-refractivity contribution < 1.29 is 13.6 Å². The van der Waals surface area contributed by atoms with Gasteiger partial charge < -0.3 is 11.1 Å². The second-order valence-electron chi connectivity index (χ2n) is 3.28. The molecule has 0 aromatic heterocycles. The van der Waals surface area contributed by atoms with Crippen molar-refractivity contribution in [3.63, 3.8) is 0 Å². The Labute approximate surface area is 91.9 Å². The Morgan fingerprint density at radius 3 is 2.50 bits per heavy atom. The Morgan fingerprint density at radius 2 is 2.00 bits per heavy atom. The van der Waals surface area contributed by atoms with Gasteiger partial charge in [0.15, 0.2) is 0 Å². The van der Waals surface area contributed by atoms with Gasteiger partial charge in [0.2, 0.25) is 5.91 Å². The van der Waals surface area contributed by atoms with Crippen molar-refractivity contribution in [1.82, 2.24) is 0 Å². The van der Waals surface area contributed by atoms with E-state index in [1.54, 1.807) is 0 Å². The second kappa shape index (κ2) is 5.37. The second-order valence-corrected chi connectivity index (χ2v) is 3.28. The highest BCUT2D eigenvalue weighted by Crippen LogP contribution is 2.13. The van der Waals surface area contributed by atoms with E-state index in [1.807, 2.05) is 0 Å². The van der Waals surface area contributed by atoms with Gasteiger partial charge in [-0.05, 0) is 18.6 Å². The van der Waals surface area contributed by atoms with E-state index in [1.165, 1.54) is 6.08 Å². The van der Waals surface area contributed by atoms with Crippen LogP contribution >= 0.6 is 0 Å². The van der Waals surface area contributed by atoms with E-state index in [9.17, 15) is 13.6 Å². The summed E-state index contributed by atoms with van der Waals surface area (Å²) in [6, 6.07) is 1.98. The number of hydrogen-bond donors (Lipinski definition) is 2. The minimum Gasteiger partial charge on any atom is -0.325 e. The third-order valence-electron chi connectivity index (χ3n) is 1.89. The van der Waals surface area contributed by atoms with Crippen LogP contribution in [0.25, 0.3) is 0 Å². The van der Waals surface area contributed by atoms with Crippen LogP contribution in [-0.4, -0.2) is 11.9 Å². The average Bonchev–Trinajstić information content (AvgIpc) is 2.16. The van der Waals surface area contributed by atoms with Crippen molar-refractivity contribution in [1.29, 1.82) is 0 Å². The molecule has 0 bridgehead atoms. The molecule has 3 nitrogen and oxygen atoms in total. The summed E-state index contributed by atoms with van der Waals surface area (Å²) < 4.78 is 25.6. The molecule has 0 saturated carbocycles. The van der Waals surface area contributed by atoms with Crippen LogP contribution in [0, 0.1) is 11.6 Å². The van der Waals surface area contributed by atoms with Crippen LogP contribution in [0.2, 0.25) is 0 Å². The fourth-order valence-corrected chi connectivity index (χ4v) is 1.15. The highest BCUT2D eigenvalue weighted by atomic mass is 19.1. The molecular weight excluding hydrogens is 214 g/mol. The molecule has 0 saturated heterocycles. The zero-order valence-corrected chi connectivity index (χ0v) is 8.54. The molecule has 3 N–H and O–H groups in total. The topological polar surface area (TPSA) is 55.1 Å². The third-order valence-corrected chi connectivity index (χ3v) is 1.89. The summed E-state index contributed by atoms with van der Waals surface area (Å²) in [6.45, 7) is 3.44. The normalized spacial score (nSPS) is 11.9. The first-order valence-corrected chi connectivity index (χ1v) is 4.66. The molecule has 86 valence electrons. The summed E-state index contributed by atoms with van der Waals surface area (Å²) in [5.41, 5.74) is 5.52. The first-order valence-electron chi connectivity index (χ1n) is 4.66. The smallest absolute Gasteiger partial charge is 0.241 e. The molecule has 0 spiro atoms. The number of benzene rings is 1. The molecule has 1 atom stereocenters. The lowest BCUT2D eigenvalue weighted by Crippen LogP contribution is -2.35. The van der Waals surface area contributed by atoms with Gasteiger partial charge >= 0.3 is 0 Å². The lowest BCUT2D eigenvalue weighted by Gasteiger charge is -2.10. The van der Waals surface area contributed by atoms with Gasteiger partial charge in [-0.1, -0.05) is 6.08 Å². The molecule has 1 rings (SSSR count). The molecule has 0 aliphatic carbocycles. The number of rotatable bonds is 4. The molecule has 5 heteroatoms. The van der Waals surface area contributed by atoms with Crippen molar-refractivity contribution in [2.24, 2.45) is 5.73 Å². The maximum atomic E-state index is 12.8.